The topological polar surface area (TPSA) is 62.2 Å². The average Bonchev–Trinajstić information content (AvgIpc) is 2.74. The first kappa shape index (κ1) is 23.0. The van der Waals surface area contributed by atoms with E-state index >= 15 is 0 Å². The maximum Gasteiger partial charge on any atom is 0.409 e. The number of carbonyl (C=O) groups excluding carboxylic acids is 1. The van der Waals surface area contributed by atoms with Crippen LogP contribution in [0.3, 0.4) is 0 Å². The minimum atomic E-state index is -0.581. The van der Waals surface area contributed by atoms with Crippen molar-refractivity contribution in [1.29, 1.82) is 0 Å². The largest absolute Gasteiger partial charge is 1.00 e. The van der Waals surface area contributed by atoms with E-state index in [2.05, 4.69) is 17.0 Å². The Kier molecular flexibility index (Phi) is 9.25. The van der Waals surface area contributed by atoms with Crippen LogP contribution in [0.4, 0.5) is 4.79 Å². The lowest BCUT2D eigenvalue weighted by atomic mass is 10.1. The van der Waals surface area contributed by atoms with Crippen LogP contribution in [-0.4, -0.2) is 73.0 Å². The van der Waals surface area contributed by atoms with E-state index in [1.54, 1.807) is 11.8 Å². The Morgan fingerprint density at radius 1 is 1.00 bits per heavy atom. The van der Waals surface area contributed by atoms with Gasteiger partial charge in [0.25, 0.3) is 0 Å². The summed E-state index contributed by atoms with van der Waals surface area (Å²) in [5.41, 5.74) is 2.30. The van der Waals surface area contributed by atoms with Gasteiger partial charge in [-0.2, -0.15) is 0 Å². The zero-order valence-corrected chi connectivity index (χ0v) is 17.4. The van der Waals surface area contributed by atoms with Crippen molar-refractivity contribution < 1.29 is 31.8 Å². The molecule has 1 unspecified atom stereocenters. The van der Waals surface area contributed by atoms with E-state index in [0.29, 0.717) is 26.2 Å². The van der Waals surface area contributed by atoms with Crippen molar-refractivity contribution in [3.63, 3.8) is 0 Å². The second-order valence-corrected chi connectivity index (χ2v) is 6.84. The molecule has 1 heterocycles. The maximum atomic E-state index is 11.7. The number of aliphatic hydroxyl groups is 1. The van der Waals surface area contributed by atoms with Crippen LogP contribution >= 0.6 is 0 Å². The third-order valence-corrected chi connectivity index (χ3v) is 4.77. The van der Waals surface area contributed by atoms with Crippen molar-refractivity contribution in [2.75, 3.05) is 45.9 Å². The highest BCUT2D eigenvalue weighted by Gasteiger charge is 2.23. The normalized spacial score (nSPS) is 15.3. The van der Waals surface area contributed by atoms with Crippen LogP contribution in [0.1, 0.15) is 6.92 Å². The third kappa shape index (κ3) is 6.92. The molecule has 6 nitrogen and oxygen atoms in total. The van der Waals surface area contributed by atoms with Gasteiger partial charge in [0.2, 0.25) is 0 Å². The Balaban J connectivity index is 0.00000300. The summed E-state index contributed by atoms with van der Waals surface area (Å²) in [5.74, 6) is 0.742. The van der Waals surface area contributed by atoms with Gasteiger partial charge in [0.05, 0.1) is 6.61 Å². The number of ether oxygens (including phenoxy) is 2. The molecule has 0 radical (unpaired) electrons. The fraction of sp³-hybridized carbons (Fsp3) is 0.409. The Labute approximate surface area is 178 Å². The number of piperazine rings is 1. The second-order valence-electron chi connectivity index (χ2n) is 6.84. The molecule has 1 amide bonds. The number of β-amino-alcohol motifs (C(OH)–C–C–N with tert-alkyl or cyclic N) is 1. The predicted molar refractivity (Wildman–Crippen MR) is 108 cm³/mol. The van der Waals surface area contributed by atoms with E-state index in [4.69, 9.17) is 9.47 Å². The number of hydrogen-bond donors (Lipinski definition) is 1. The molecule has 29 heavy (non-hydrogen) atoms. The summed E-state index contributed by atoms with van der Waals surface area (Å²) in [6, 6.07) is 18.1. The molecular weight excluding hydrogens is 392 g/mol. The van der Waals surface area contributed by atoms with Gasteiger partial charge in [0.1, 0.15) is 18.5 Å². The minimum Gasteiger partial charge on any atom is -1.00 e. The summed E-state index contributed by atoms with van der Waals surface area (Å²) in [4.78, 5) is 15.6. The lowest BCUT2D eigenvalue weighted by Crippen LogP contribution is -3.00. The van der Waals surface area contributed by atoms with Crippen molar-refractivity contribution in [3.8, 4) is 16.9 Å². The number of halogens is 1. The fourth-order valence-electron chi connectivity index (χ4n) is 3.25. The van der Waals surface area contributed by atoms with Gasteiger partial charge in [-0.3, -0.25) is 4.90 Å². The monoisotopic (exact) mass is 419 g/mol. The Morgan fingerprint density at radius 2 is 1.62 bits per heavy atom. The molecule has 1 atom stereocenters. The summed E-state index contributed by atoms with van der Waals surface area (Å²) in [5, 5.41) is 10.3. The van der Waals surface area contributed by atoms with Crippen LogP contribution < -0.4 is 17.1 Å². The standard InChI is InChI=1S/C22H28N2O4.ClH/c1-2-27-22(26)24-14-12-23(13-15-24)16-20(25)17-28-21-10-8-19(9-11-21)18-6-4-3-5-7-18;/h3-11,20,25H,2,12-17H2,1H3;1H/p-1. The highest BCUT2D eigenvalue weighted by atomic mass is 35.5. The van der Waals surface area contributed by atoms with Gasteiger partial charge in [-0.05, 0) is 30.2 Å². The molecule has 1 saturated heterocycles. The van der Waals surface area contributed by atoms with Crippen molar-refractivity contribution in [2.24, 2.45) is 0 Å². The number of rotatable bonds is 7. The van der Waals surface area contributed by atoms with Gasteiger partial charge in [-0.15, -0.1) is 0 Å². The van der Waals surface area contributed by atoms with Crippen molar-refractivity contribution in [1.82, 2.24) is 9.80 Å². The summed E-state index contributed by atoms with van der Waals surface area (Å²) in [7, 11) is 0. The predicted octanol–water partition coefficient (Wildman–Crippen LogP) is -0.129. The van der Waals surface area contributed by atoms with Crippen molar-refractivity contribution >= 4 is 6.09 Å². The highest BCUT2D eigenvalue weighted by molar-refractivity contribution is 5.67. The molecule has 1 fully saturated rings. The molecule has 0 saturated carbocycles. The molecule has 158 valence electrons. The molecule has 0 spiro atoms. The molecule has 3 rings (SSSR count). The lowest BCUT2D eigenvalue weighted by molar-refractivity contribution is -0.0000198. The second kappa shape index (κ2) is 11.7. The van der Waals surface area contributed by atoms with Crippen LogP contribution in [0.5, 0.6) is 5.75 Å². The number of carbonyl (C=O) groups is 1. The fourth-order valence-corrected chi connectivity index (χ4v) is 3.25. The van der Waals surface area contributed by atoms with Gasteiger partial charge in [0.15, 0.2) is 0 Å². The van der Waals surface area contributed by atoms with Crippen LogP contribution in [0.15, 0.2) is 54.6 Å². The van der Waals surface area contributed by atoms with Gasteiger partial charge < -0.3 is 31.9 Å². The van der Waals surface area contributed by atoms with Gasteiger partial charge in [-0.1, -0.05) is 42.5 Å². The van der Waals surface area contributed by atoms with Gasteiger partial charge >= 0.3 is 6.09 Å². The molecule has 1 aliphatic heterocycles. The molecule has 1 N–H and O–H groups in total. The molecular formula is C22H28ClN2O4-. The van der Waals surface area contributed by atoms with E-state index in [1.807, 2.05) is 42.5 Å². The zero-order valence-electron chi connectivity index (χ0n) is 16.7. The van der Waals surface area contributed by atoms with Crippen molar-refractivity contribution in [3.05, 3.63) is 54.6 Å². The lowest BCUT2D eigenvalue weighted by Gasteiger charge is -2.34. The van der Waals surface area contributed by atoms with Crippen LogP contribution in [0.2, 0.25) is 0 Å². The average molecular weight is 420 g/mol. The Hall–Kier alpha value is -2.28. The number of amides is 1. The summed E-state index contributed by atoms with van der Waals surface area (Å²) in [6.45, 7) is 5.65. The SMILES string of the molecule is CCOC(=O)N1CCN(CC(O)COc2ccc(-c3ccccc3)cc2)CC1.[Cl-]. The van der Waals surface area contributed by atoms with Crippen LogP contribution in [0, 0.1) is 0 Å². The molecule has 2 aromatic rings. The first-order chi connectivity index (χ1) is 13.7. The third-order valence-electron chi connectivity index (χ3n) is 4.77. The van der Waals surface area contributed by atoms with E-state index in [1.165, 1.54) is 0 Å². The number of hydrogen-bond acceptors (Lipinski definition) is 5. The molecule has 2 aromatic carbocycles. The number of aliphatic hydroxyl groups excluding tert-OH is 1. The van der Waals surface area contributed by atoms with E-state index in [0.717, 1.165) is 30.0 Å². The molecule has 7 heteroatoms. The first-order valence-corrected chi connectivity index (χ1v) is 9.76. The van der Waals surface area contributed by atoms with E-state index in [9.17, 15) is 9.90 Å². The van der Waals surface area contributed by atoms with Gasteiger partial charge in [-0.25, -0.2) is 4.79 Å². The first-order valence-electron chi connectivity index (χ1n) is 9.76. The molecule has 0 aliphatic carbocycles. The maximum absolute atomic E-state index is 11.7. The molecule has 0 aromatic heterocycles. The highest BCUT2D eigenvalue weighted by Crippen LogP contribution is 2.22. The quantitative estimate of drug-likeness (QED) is 0.677. The molecule has 0 bridgehead atoms. The van der Waals surface area contributed by atoms with Gasteiger partial charge in [0, 0.05) is 32.7 Å². The zero-order chi connectivity index (χ0) is 19.8. The smallest absolute Gasteiger partial charge is 0.409 e. The molecule has 1 aliphatic rings. The van der Waals surface area contributed by atoms with E-state index < -0.39 is 6.10 Å². The Bertz CT molecular complexity index is 734. The summed E-state index contributed by atoms with van der Waals surface area (Å²) < 4.78 is 10.8. The van der Waals surface area contributed by atoms with Crippen molar-refractivity contribution in [2.45, 2.75) is 13.0 Å². The minimum absolute atomic E-state index is 0. The number of benzene rings is 2. The Morgan fingerprint density at radius 3 is 2.24 bits per heavy atom. The summed E-state index contributed by atoms with van der Waals surface area (Å²) >= 11 is 0. The van der Waals surface area contributed by atoms with Crippen LogP contribution in [0.25, 0.3) is 11.1 Å². The van der Waals surface area contributed by atoms with E-state index in [-0.39, 0.29) is 25.1 Å². The summed E-state index contributed by atoms with van der Waals surface area (Å²) in [6.07, 6.45) is -0.840. The number of nitrogens with zero attached hydrogens (tertiary/aromatic N) is 2. The van der Waals surface area contributed by atoms with Crippen LogP contribution in [-0.2, 0) is 4.74 Å².